The first kappa shape index (κ1) is 29.5. The zero-order valence-electron chi connectivity index (χ0n) is 21.9. The van der Waals surface area contributed by atoms with E-state index in [0.29, 0.717) is 28.0 Å². The Morgan fingerprint density at radius 2 is 1.90 bits per heavy atom. The molecule has 0 saturated carbocycles. The van der Waals surface area contributed by atoms with Crippen molar-refractivity contribution in [2.45, 2.75) is 37.4 Å². The normalized spacial score (nSPS) is 20.4. The number of halogens is 4. The van der Waals surface area contributed by atoms with Crippen LogP contribution < -0.4 is 10.2 Å². The Balaban J connectivity index is 1.33. The van der Waals surface area contributed by atoms with E-state index in [1.54, 1.807) is 11.6 Å². The van der Waals surface area contributed by atoms with Gasteiger partial charge in [-0.2, -0.15) is 18.8 Å². The molecule has 0 aliphatic carbocycles. The molecule has 2 atom stereocenters. The molecule has 2 aromatic carbocycles. The number of fused-ring (bicyclic) bond motifs is 1. The predicted octanol–water partition coefficient (Wildman–Crippen LogP) is 4.15. The summed E-state index contributed by atoms with van der Waals surface area (Å²) >= 11 is 3.23. The number of nitrogens with one attached hydrogen (secondary N) is 1. The molecule has 5 rings (SSSR count). The average molecular weight is 667 g/mol. The van der Waals surface area contributed by atoms with Crippen LogP contribution in [-0.4, -0.2) is 54.2 Å². The van der Waals surface area contributed by atoms with Crippen molar-refractivity contribution in [3.8, 4) is 6.07 Å². The summed E-state index contributed by atoms with van der Waals surface area (Å²) in [6.07, 6.45) is 1.10. The number of nitrogens with zero attached hydrogens (tertiary/aromatic N) is 5. The van der Waals surface area contributed by atoms with E-state index in [1.165, 1.54) is 40.3 Å². The van der Waals surface area contributed by atoms with Gasteiger partial charge in [0.25, 0.3) is 10.1 Å². The molecule has 1 aromatic heterocycles. The second-order valence-electron chi connectivity index (χ2n) is 10.0. The van der Waals surface area contributed by atoms with Crippen molar-refractivity contribution in [1.82, 2.24) is 14.7 Å². The van der Waals surface area contributed by atoms with E-state index in [0.717, 1.165) is 0 Å². The largest absolute Gasteiger partial charge is 0.322 e. The molecule has 3 aromatic rings. The summed E-state index contributed by atoms with van der Waals surface area (Å²) in [6, 6.07) is 7.94. The van der Waals surface area contributed by atoms with Crippen LogP contribution in [0, 0.1) is 34.2 Å². The van der Waals surface area contributed by atoms with Crippen molar-refractivity contribution in [1.29, 1.82) is 5.26 Å². The molecule has 0 radical (unpaired) electrons. The molecule has 1 N–H and O–H groups in total. The topological polar surface area (TPSA) is 138 Å². The number of rotatable bonds is 6. The molecule has 220 valence electrons. The summed E-state index contributed by atoms with van der Waals surface area (Å²) in [5, 5.41) is 16.6. The highest BCUT2D eigenvalue weighted by molar-refractivity contribution is 9.10. The van der Waals surface area contributed by atoms with Gasteiger partial charge >= 0.3 is 6.03 Å². The molecule has 1 saturated heterocycles. The van der Waals surface area contributed by atoms with E-state index < -0.39 is 57.6 Å². The third-order valence-electron chi connectivity index (χ3n) is 7.08. The zero-order valence-corrected chi connectivity index (χ0v) is 24.3. The van der Waals surface area contributed by atoms with Gasteiger partial charge in [0, 0.05) is 35.3 Å². The molecule has 0 spiro atoms. The Labute approximate surface area is 246 Å². The number of hydrogen-bond acceptors (Lipinski definition) is 7. The number of benzene rings is 2. The number of anilines is 2. The van der Waals surface area contributed by atoms with Gasteiger partial charge in [-0.25, -0.2) is 18.0 Å². The summed E-state index contributed by atoms with van der Waals surface area (Å²) in [7, 11) is -4.21. The lowest BCUT2D eigenvalue weighted by Gasteiger charge is -2.35. The van der Waals surface area contributed by atoms with Gasteiger partial charge in [-0.1, -0.05) is 15.9 Å². The Bertz CT molecular complexity index is 1710. The Morgan fingerprint density at radius 3 is 2.55 bits per heavy atom. The second kappa shape index (κ2) is 11.0. The Morgan fingerprint density at radius 1 is 1.24 bits per heavy atom. The number of carbonyl (C=O) groups is 2. The zero-order chi connectivity index (χ0) is 30.4. The van der Waals surface area contributed by atoms with Crippen LogP contribution in [0.1, 0.15) is 19.0 Å². The Kier molecular flexibility index (Phi) is 7.77. The predicted molar refractivity (Wildman–Crippen MR) is 145 cm³/mol. The van der Waals surface area contributed by atoms with Crippen LogP contribution in [0.2, 0.25) is 0 Å². The molecule has 1 fully saturated rings. The lowest BCUT2D eigenvalue weighted by molar-refractivity contribution is -0.117. The van der Waals surface area contributed by atoms with Gasteiger partial charge in [0.1, 0.15) is 5.41 Å². The maximum atomic E-state index is 13.6. The third-order valence-corrected chi connectivity index (χ3v) is 8.89. The van der Waals surface area contributed by atoms with Crippen LogP contribution in [0.25, 0.3) is 0 Å². The molecule has 2 aliphatic heterocycles. The smallest absolute Gasteiger partial charge is 0.314 e. The summed E-state index contributed by atoms with van der Waals surface area (Å²) in [5.41, 5.74) is -0.999. The number of amides is 3. The quantitative estimate of drug-likeness (QED) is 0.308. The van der Waals surface area contributed by atoms with Gasteiger partial charge in [-0.15, -0.1) is 0 Å². The fraction of sp³-hybridized carbons (Fsp3) is 0.308. The van der Waals surface area contributed by atoms with Crippen molar-refractivity contribution in [3.05, 3.63) is 70.2 Å². The Hall–Kier alpha value is -3.94. The van der Waals surface area contributed by atoms with E-state index in [9.17, 15) is 36.4 Å². The van der Waals surface area contributed by atoms with Crippen LogP contribution >= 0.6 is 15.9 Å². The fourth-order valence-electron chi connectivity index (χ4n) is 4.82. The van der Waals surface area contributed by atoms with Gasteiger partial charge in [0.15, 0.2) is 17.5 Å². The lowest BCUT2D eigenvalue weighted by atomic mass is 9.90. The van der Waals surface area contributed by atoms with Gasteiger partial charge in [-0.3, -0.25) is 13.7 Å². The molecule has 11 nitrogen and oxygen atoms in total. The first-order valence-corrected chi connectivity index (χ1v) is 14.7. The van der Waals surface area contributed by atoms with E-state index in [4.69, 9.17) is 4.18 Å². The number of nitriles is 1. The molecule has 3 amide bonds. The monoisotopic (exact) mass is 666 g/mol. The minimum atomic E-state index is -4.21. The van der Waals surface area contributed by atoms with Crippen LogP contribution in [-0.2, 0) is 32.2 Å². The minimum Gasteiger partial charge on any atom is -0.314 e. The average Bonchev–Trinajstić information content (AvgIpc) is 3.50. The third kappa shape index (κ3) is 5.59. The van der Waals surface area contributed by atoms with E-state index in [-0.39, 0.29) is 36.6 Å². The SMILES string of the molecule is C[C@H]1Cn2ncc(N3CC(C#N)(COS(=O)(=O)c4ccc(Br)cc4)CC3=O)c2CN1C(=O)Nc1cc(F)c(F)c(F)c1. The molecule has 1 unspecified atom stereocenters. The van der Waals surface area contributed by atoms with Crippen molar-refractivity contribution in [2.24, 2.45) is 5.41 Å². The minimum absolute atomic E-state index is 0.0632. The van der Waals surface area contributed by atoms with Crippen molar-refractivity contribution < 1.29 is 35.4 Å². The number of carbonyl (C=O) groups excluding carboxylic acids is 2. The molecular formula is C26H22BrF3N6O5S. The first-order valence-electron chi connectivity index (χ1n) is 12.5. The fourth-order valence-corrected chi connectivity index (χ4v) is 6.07. The summed E-state index contributed by atoms with van der Waals surface area (Å²) in [5.74, 6) is -5.05. The number of aromatic nitrogens is 2. The van der Waals surface area contributed by atoms with Crippen LogP contribution in [0.3, 0.4) is 0 Å². The van der Waals surface area contributed by atoms with Crippen LogP contribution in [0.15, 0.2) is 52.0 Å². The summed E-state index contributed by atoms with van der Waals surface area (Å²) in [6.45, 7) is 1.12. The number of hydrogen-bond donors (Lipinski definition) is 1. The maximum Gasteiger partial charge on any atom is 0.322 e. The van der Waals surface area contributed by atoms with Crippen molar-refractivity contribution in [2.75, 3.05) is 23.4 Å². The first-order chi connectivity index (χ1) is 19.8. The van der Waals surface area contributed by atoms with Crippen LogP contribution in [0.5, 0.6) is 0 Å². The van der Waals surface area contributed by atoms with Gasteiger partial charge in [0.05, 0.1) is 54.3 Å². The second-order valence-corrected chi connectivity index (χ2v) is 12.6. The van der Waals surface area contributed by atoms with E-state index >= 15 is 0 Å². The van der Waals surface area contributed by atoms with E-state index in [1.807, 2.05) is 6.07 Å². The highest BCUT2D eigenvalue weighted by atomic mass is 79.9. The molecular weight excluding hydrogens is 645 g/mol. The van der Waals surface area contributed by atoms with Crippen molar-refractivity contribution in [3.63, 3.8) is 0 Å². The van der Waals surface area contributed by atoms with Crippen LogP contribution in [0.4, 0.5) is 29.3 Å². The summed E-state index contributed by atoms with van der Waals surface area (Å²) in [4.78, 5) is 28.7. The van der Waals surface area contributed by atoms with Gasteiger partial charge < -0.3 is 15.1 Å². The maximum absolute atomic E-state index is 13.6. The highest BCUT2D eigenvalue weighted by Crippen LogP contribution is 2.38. The lowest BCUT2D eigenvalue weighted by Crippen LogP contribution is -2.47. The highest BCUT2D eigenvalue weighted by Gasteiger charge is 2.47. The molecule has 2 aliphatic rings. The summed E-state index contributed by atoms with van der Waals surface area (Å²) < 4.78 is 73.5. The van der Waals surface area contributed by atoms with Gasteiger partial charge in [0.2, 0.25) is 5.91 Å². The molecule has 0 bridgehead atoms. The van der Waals surface area contributed by atoms with Gasteiger partial charge in [-0.05, 0) is 31.2 Å². The standard InChI is InChI=1S/C26H22BrF3N6O5S/c1-15-10-36-22(11-34(15)25(38)33-17-6-19(28)24(30)20(29)7-17)21(9-32-36)35-13-26(12-31,8-23(35)37)14-41-42(39,40)18-4-2-16(27)3-5-18/h2-7,9,15H,8,10-11,13-14H2,1H3,(H,33,38)/t15-,26?/m0/s1. The molecule has 3 heterocycles. The molecule has 16 heteroatoms. The molecule has 42 heavy (non-hydrogen) atoms. The number of urea groups is 1. The van der Waals surface area contributed by atoms with E-state index in [2.05, 4.69) is 26.3 Å². The van der Waals surface area contributed by atoms with Crippen molar-refractivity contribution >= 4 is 49.4 Å².